The Labute approximate surface area is 138 Å². The molecule has 128 valence electrons. The molecule has 1 rings (SSSR count). The van der Waals surface area contributed by atoms with Crippen molar-refractivity contribution in [2.75, 3.05) is 25.0 Å². The second kappa shape index (κ2) is 9.15. The summed E-state index contributed by atoms with van der Waals surface area (Å²) in [5, 5.41) is 5.79. The third kappa shape index (κ3) is 5.56. The van der Waals surface area contributed by atoms with Crippen molar-refractivity contribution in [1.29, 1.82) is 0 Å². The SMILES string of the molecule is CCN(CC)C(=O)Nc1ccc(C(C)NC(=O)C(C)CN)cc1. The summed E-state index contributed by atoms with van der Waals surface area (Å²) in [5.41, 5.74) is 7.21. The summed E-state index contributed by atoms with van der Waals surface area (Å²) in [6, 6.07) is 7.26. The third-order valence-corrected chi connectivity index (χ3v) is 3.87. The minimum absolute atomic E-state index is 0.0566. The van der Waals surface area contributed by atoms with Crippen LogP contribution in [0.2, 0.25) is 0 Å². The fourth-order valence-electron chi connectivity index (χ4n) is 2.11. The Morgan fingerprint density at radius 3 is 2.17 bits per heavy atom. The van der Waals surface area contributed by atoms with Crippen LogP contribution in [0.25, 0.3) is 0 Å². The number of urea groups is 1. The van der Waals surface area contributed by atoms with Gasteiger partial charge in [-0.25, -0.2) is 4.79 Å². The zero-order valence-electron chi connectivity index (χ0n) is 14.4. The summed E-state index contributed by atoms with van der Waals surface area (Å²) in [4.78, 5) is 25.6. The van der Waals surface area contributed by atoms with Crippen molar-refractivity contribution >= 4 is 17.6 Å². The molecule has 0 radical (unpaired) electrons. The smallest absolute Gasteiger partial charge is 0.321 e. The molecule has 0 aromatic heterocycles. The molecule has 0 saturated heterocycles. The van der Waals surface area contributed by atoms with Crippen LogP contribution in [-0.4, -0.2) is 36.5 Å². The maximum Gasteiger partial charge on any atom is 0.321 e. The molecule has 0 heterocycles. The largest absolute Gasteiger partial charge is 0.349 e. The predicted octanol–water partition coefficient (Wildman–Crippen LogP) is 2.33. The Morgan fingerprint density at radius 2 is 1.70 bits per heavy atom. The van der Waals surface area contributed by atoms with E-state index in [1.807, 2.05) is 45.0 Å². The molecule has 2 atom stereocenters. The van der Waals surface area contributed by atoms with Crippen LogP contribution in [0.1, 0.15) is 39.3 Å². The van der Waals surface area contributed by atoms with Crippen molar-refractivity contribution in [2.45, 2.75) is 33.7 Å². The molecular formula is C17H28N4O2. The molecule has 0 fully saturated rings. The molecule has 3 amide bonds. The lowest BCUT2D eigenvalue weighted by atomic mass is 10.1. The number of anilines is 1. The average Bonchev–Trinajstić information content (AvgIpc) is 2.55. The van der Waals surface area contributed by atoms with Gasteiger partial charge in [0, 0.05) is 31.2 Å². The molecule has 23 heavy (non-hydrogen) atoms. The number of nitrogens with zero attached hydrogens (tertiary/aromatic N) is 1. The molecule has 1 aromatic rings. The first-order valence-corrected chi connectivity index (χ1v) is 8.09. The number of hydrogen-bond acceptors (Lipinski definition) is 3. The van der Waals surface area contributed by atoms with Crippen LogP contribution in [0.4, 0.5) is 10.5 Å². The van der Waals surface area contributed by atoms with Gasteiger partial charge in [0.15, 0.2) is 0 Å². The van der Waals surface area contributed by atoms with E-state index in [-0.39, 0.29) is 23.9 Å². The van der Waals surface area contributed by atoms with E-state index in [1.165, 1.54) is 0 Å². The van der Waals surface area contributed by atoms with E-state index in [0.717, 1.165) is 11.3 Å². The first-order chi connectivity index (χ1) is 10.9. The second-order valence-electron chi connectivity index (χ2n) is 5.59. The van der Waals surface area contributed by atoms with Gasteiger partial charge in [-0.1, -0.05) is 19.1 Å². The molecule has 0 aliphatic heterocycles. The van der Waals surface area contributed by atoms with E-state index in [9.17, 15) is 9.59 Å². The number of carbonyl (C=O) groups is 2. The van der Waals surface area contributed by atoms with Crippen LogP contribution in [0.3, 0.4) is 0 Å². The molecule has 0 spiro atoms. The van der Waals surface area contributed by atoms with Crippen LogP contribution in [-0.2, 0) is 4.79 Å². The van der Waals surface area contributed by atoms with Gasteiger partial charge in [0.2, 0.25) is 5.91 Å². The van der Waals surface area contributed by atoms with E-state index < -0.39 is 0 Å². The Balaban J connectivity index is 2.65. The highest BCUT2D eigenvalue weighted by molar-refractivity contribution is 5.89. The van der Waals surface area contributed by atoms with Crippen LogP contribution >= 0.6 is 0 Å². The first kappa shape index (κ1) is 19.0. The van der Waals surface area contributed by atoms with Gasteiger partial charge in [-0.05, 0) is 38.5 Å². The monoisotopic (exact) mass is 320 g/mol. The molecular weight excluding hydrogens is 292 g/mol. The van der Waals surface area contributed by atoms with E-state index >= 15 is 0 Å². The van der Waals surface area contributed by atoms with Gasteiger partial charge >= 0.3 is 6.03 Å². The van der Waals surface area contributed by atoms with Gasteiger partial charge in [0.1, 0.15) is 0 Å². The Kier molecular flexibility index (Phi) is 7.54. The standard InChI is InChI=1S/C17H28N4O2/c1-5-21(6-2)17(23)20-15-9-7-14(8-10-15)13(4)19-16(22)12(3)11-18/h7-10,12-13H,5-6,11,18H2,1-4H3,(H,19,22)(H,20,23). The van der Waals surface area contributed by atoms with E-state index in [2.05, 4.69) is 10.6 Å². The number of nitrogens with two attached hydrogens (primary N) is 1. The van der Waals surface area contributed by atoms with Crippen LogP contribution in [0.5, 0.6) is 0 Å². The molecule has 0 aliphatic rings. The summed E-state index contributed by atoms with van der Waals surface area (Å²) in [6.07, 6.45) is 0. The van der Waals surface area contributed by atoms with E-state index in [0.29, 0.717) is 19.6 Å². The minimum Gasteiger partial charge on any atom is -0.349 e. The number of nitrogens with one attached hydrogen (secondary N) is 2. The lowest BCUT2D eigenvalue weighted by Crippen LogP contribution is -2.35. The molecule has 1 aromatic carbocycles. The molecule has 0 bridgehead atoms. The number of amides is 3. The number of rotatable bonds is 7. The Morgan fingerprint density at radius 1 is 1.13 bits per heavy atom. The van der Waals surface area contributed by atoms with Gasteiger partial charge in [0.25, 0.3) is 0 Å². The maximum atomic E-state index is 12.0. The van der Waals surface area contributed by atoms with Crippen molar-refractivity contribution in [1.82, 2.24) is 10.2 Å². The van der Waals surface area contributed by atoms with Crippen LogP contribution in [0, 0.1) is 5.92 Å². The molecule has 2 unspecified atom stereocenters. The van der Waals surface area contributed by atoms with Crippen molar-refractivity contribution in [3.05, 3.63) is 29.8 Å². The quantitative estimate of drug-likeness (QED) is 0.720. The predicted molar refractivity (Wildman–Crippen MR) is 93.2 cm³/mol. The molecule has 0 aliphatic carbocycles. The highest BCUT2D eigenvalue weighted by Gasteiger charge is 2.15. The summed E-state index contributed by atoms with van der Waals surface area (Å²) in [7, 11) is 0. The maximum absolute atomic E-state index is 12.0. The number of carbonyl (C=O) groups excluding carboxylic acids is 2. The van der Waals surface area contributed by atoms with Crippen LogP contribution < -0.4 is 16.4 Å². The highest BCUT2D eigenvalue weighted by Crippen LogP contribution is 2.17. The second-order valence-corrected chi connectivity index (χ2v) is 5.59. The lowest BCUT2D eigenvalue weighted by molar-refractivity contribution is -0.124. The Bertz CT molecular complexity index is 512. The molecule has 6 heteroatoms. The number of hydrogen-bond donors (Lipinski definition) is 3. The van der Waals surface area contributed by atoms with Crippen molar-refractivity contribution in [2.24, 2.45) is 11.7 Å². The highest BCUT2D eigenvalue weighted by atomic mass is 16.2. The average molecular weight is 320 g/mol. The van der Waals surface area contributed by atoms with Gasteiger partial charge in [-0.3, -0.25) is 4.79 Å². The summed E-state index contributed by atoms with van der Waals surface area (Å²) in [5.74, 6) is -0.260. The first-order valence-electron chi connectivity index (χ1n) is 8.09. The van der Waals surface area contributed by atoms with E-state index in [4.69, 9.17) is 5.73 Å². The number of benzene rings is 1. The van der Waals surface area contributed by atoms with Gasteiger partial charge in [-0.2, -0.15) is 0 Å². The van der Waals surface area contributed by atoms with E-state index in [1.54, 1.807) is 11.8 Å². The van der Waals surface area contributed by atoms with Crippen LogP contribution in [0.15, 0.2) is 24.3 Å². The third-order valence-electron chi connectivity index (χ3n) is 3.87. The zero-order valence-corrected chi connectivity index (χ0v) is 14.4. The molecule has 4 N–H and O–H groups in total. The van der Waals surface area contributed by atoms with Crippen molar-refractivity contribution in [3.63, 3.8) is 0 Å². The Hall–Kier alpha value is -2.08. The van der Waals surface area contributed by atoms with Crippen molar-refractivity contribution in [3.8, 4) is 0 Å². The normalized spacial score (nSPS) is 13.1. The lowest BCUT2D eigenvalue weighted by Gasteiger charge is -2.20. The van der Waals surface area contributed by atoms with Gasteiger partial charge < -0.3 is 21.3 Å². The topological polar surface area (TPSA) is 87.5 Å². The summed E-state index contributed by atoms with van der Waals surface area (Å²) < 4.78 is 0. The molecule has 6 nitrogen and oxygen atoms in total. The fourth-order valence-corrected chi connectivity index (χ4v) is 2.11. The molecule has 0 saturated carbocycles. The van der Waals surface area contributed by atoms with Gasteiger partial charge in [-0.15, -0.1) is 0 Å². The summed E-state index contributed by atoms with van der Waals surface area (Å²) in [6.45, 7) is 9.27. The fraction of sp³-hybridized carbons (Fsp3) is 0.529. The van der Waals surface area contributed by atoms with Gasteiger partial charge in [0.05, 0.1) is 6.04 Å². The summed E-state index contributed by atoms with van der Waals surface area (Å²) >= 11 is 0. The minimum atomic E-state index is -0.204. The van der Waals surface area contributed by atoms with Crippen molar-refractivity contribution < 1.29 is 9.59 Å². The zero-order chi connectivity index (χ0) is 17.4.